The van der Waals surface area contributed by atoms with E-state index in [4.69, 9.17) is 21.4 Å². The van der Waals surface area contributed by atoms with Gasteiger partial charge in [-0.15, -0.1) is 0 Å². The molecule has 0 aliphatic heterocycles. The molecule has 112 valence electrons. The number of ether oxygens (including phenoxy) is 1. The van der Waals surface area contributed by atoms with Crippen LogP contribution in [0, 0.1) is 5.82 Å². The van der Waals surface area contributed by atoms with Crippen molar-refractivity contribution in [3.05, 3.63) is 58.4 Å². The average Bonchev–Trinajstić information content (AvgIpc) is 2.42. The molecule has 1 N–H and O–H groups in total. The van der Waals surface area contributed by atoms with Crippen molar-refractivity contribution in [2.75, 3.05) is 0 Å². The van der Waals surface area contributed by atoms with Crippen LogP contribution in [-0.4, -0.2) is 5.11 Å². The van der Waals surface area contributed by atoms with Crippen molar-refractivity contribution < 1.29 is 27.4 Å². The Hall–Kier alpha value is -1.79. The Balaban J connectivity index is 2.41. The highest BCUT2D eigenvalue weighted by atomic mass is 35.5. The molecule has 0 bridgehead atoms. The Morgan fingerprint density at radius 2 is 1.81 bits per heavy atom. The van der Waals surface area contributed by atoms with Crippen LogP contribution < -0.4 is 4.74 Å². The Labute approximate surface area is 122 Å². The predicted molar refractivity (Wildman–Crippen MR) is 68.9 cm³/mol. The number of aliphatic hydroxyl groups excluding tert-OH is 1. The SMILES string of the molecule is OCc1ccc(Oc2ccc(Cl)c(F)c2)c(C(F)(F)F)c1. The molecule has 0 saturated heterocycles. The van der Waals surface area contributed by atoms with E-state index in [0.29, 0.717) is 0 Å². The monoisotopic (exact) mass is 320 g/mol. The lowest BCUT2D eigenvalue weighted by atomic mass is 10.1. The molecule has 7 heteroatoms. The molecular weight excluding hydrogens is 312 g/mol. The second-order valence-corrected chi connectivity index (χ2v) is 4.57. The van der Waals surface area contributed by atoms with E-state index in [2.05, 4.69) is 0 Å². The van der Waals surface area contributed by atoms with Crippen molar-refractivity contribution in [1.82, 2.24) is 0 Å². The van der Waals surface area contributed by atoms with Crippen molar-refractivity contribution >= 4 is 11.6 Å². The molecule has 0 atom stereocenters. The topological polar surface area (TPSA) is 29.5 Å². The Morgan fingerprint density at radius 1 is 1.10 bits per heavy atom. The summed E-state index contributed by atoms with van der Waals surface area (Å²) in [5.74, 6) is -1.39. The summed E-state index contributed by atoms with van der Waals surface area (Å²) in [6, 6.07) is 6.47. The van der Waals surface area contributed by atoms with Gasteiger partial charge < -0.3 is 9.84 Å². The molecule has 2 aromatic rings. The minimum atomic E-state index is -4.66. The van der Waals surface area contributed by atoms with Crippen LogP contribution in [0.5, 0.6) is 11.5 Å². The van der Waals surface area contributed by atoms with Crippen molar-refractivity contribution in [2.24, 2.45) is 0 Å². The summed E-state index contributed by atoms with van der Waals surface area (Å²) in [6.45, 7) is -0.529. The molecule has 0 unspecified atom stereocenters. The van der Waals surface area contributed by atoms with Gasteiger partial charge in [0.25, 0.3) is 0 Å². The summed E-state index contributed by atoms with van der Waals surface area (Å²) in [5.41, 5.74) is -0.957. The largest absolute Gasteiger partial charge is 0.457 e. The average molecular weight is 321 g/mol. The Morgan fingerprint density at radius 3 is 2.38 bits per heavy atom. The third-order valence-corrected chi connectivity index (χ3v) is 2.96. The number of halogens is 5. The van der Waals surface area contributed by atoms with E-state index >= 15 is 0 Å². The summed E-state index contributed by atoms with van der Waals surface area (Å²) in [6.07, 6.45) is -4.66. The van der Waals surface area contributed by atoms with Crippen LogP contribution in [-0.2, 0) is 12.8 Å². The van der Waals surface area contributed by atoms with Gasteiger partial charge in [0.05, 0.1) is 17.2 Å². The minimum absolute atomic E-state index is 0.0944. The number of benzene rings is 2. The molecule has 0 radical (unpaired) electrons. The van der Waals surface area contributed by atoms with Gasteiger partial charge in [0, 0.05) is 6.07 Å². The van der Waals surface area contributed by atoms with Crippen LogP contribution in [0.25, 0.3) is 0 Å². The molecule has 0 spiro atoms. The molecule has 0 saturated carbocycles. The van der Waals surface area contributed by atoms with Gasteiger partial charge in [0.1, 0.15) is 17.3 Å². The molecule has 0 heterocycles. The fraction of sp³-hybridized carbons (Fsp3) is 0.143. The van der Waals surface area contributed by atoms with Gasteiger partial charge in [0.2, 0.25) is 0 Å². The van der Waals surface area contributed by atoms with Gasteiger partial charge >= 0.3 is 6.18 Å². The maximum Gasteiger partial charge on any atom is 0.419 e. The predicted octanol–water partition coefficient (Wildman–Crippen LogP) is 4.78. The van der Waals surface area contributed by atoms with Gasteiger partial charge in [-0.3, -0.25) is 0 Å². The minimum Gasteiger partial charge on any atom is -0.457 e. The summed E-state index contributed by atoms with van der Waals surface area (Å²) in [7, 11) is 0. The smallest absolute Gasteiger partial charge is 0.419 e. The normalized spacial score (nSPS) is 11.5. The summed E-state index contributed by atoms with van der Waals surface area (Å²) in [4.78, 5) is 0. The highest BCUT2D eigenvalue weighted by Crippen LogP contribution is 2.39. The standard InChI is InChI=1S/C14H9ClF4O2/c15-11-3-2-9(6-12(11)16)21-13-4-1-8(7-20)5-10(13)14(17,18)19/h1-6,20H,7H2. The van der Waals surface area contributed by atoms with Gasteiger partial charge in [-0.25, -0.2) is 4.39 Å². The molecule has 21 heavy (non-hydrogen) atoms. The molecular formula is C14H9ClF4O2. The van der Waals surface area contributed by atoms with Crippen molar-refractivity contribution in [3.8, 4) is 11.5 Å². The Kier molecular flexibility index (Phi) is 4.39. The van der Waals surface area contributed by atoms with Crippen LogP contribution in [0.1, 0.15) is 11.1 Å². The zero-order valence-electron chi connectivity index (χ0n) is 10.4. The lowest BCUT2D eigenvalue weighted by Gasteiger charge is -2.15. The number of hydrogen-bond donors (Lipinski definition) is 1. The zero-order chi connectivity index (χ0) is 15.6. The number of aliphatic hydroxyl groups is 1. The third-order valence-electron chi connectivity index (χ3n) is 2.65. The second kappa shape index (κ2) is 5.91. The second-order valence-electron chi connectivity index (χ2n) is 4.16. The number of alkyl halides is 3. The van der Waals surface area contributed by atoms with Crippen LogP contribution in [0.4, 0.5) is 17.6 Å². The third kappa shape index (κ3) is 3.65. The van der Waals surface area contributed by atoms with Crippen molar-refractivity contribution in [1.29, 1.82) is 0 Å². The maximum atomic E-state index is 13.3. The Bertz CT molecular complexity index is 656. The van der Waals surface area contributed by atoms with Gasteiger partial charge in [-0.1, -0.05) is 17.7 Å². The van der Waals surface area contributed by atoms with E-state index in [9.17, 15) is 17.6 Å². The zero-order valence-corrected chi connectivity index (χ0v) is 11.2. The van der Waals surface area contributed by atoms with E-state index in [1.165, 1.54) is 18.2 Å². The molecule has 0 aliphatic rings. The van der Waals surface area contributed by atoms with Crippen molar-refractivity contribution in [3.63, 3.8) is 0 Å². The highest BCUT2D eigenvalue weighted by molar-refractivity contribution is 6.30. The summed E-state index contributed by atoms with van der Waals surface area (Å²) < 4.78 is 57.2. The van der Waals surface area contributed by atoms with Crippen LogP contribution in [0.3, 0.4) is 0 Å². The maximum absolute atomic E-state index is 13.3. The fourth-order valence-corrected chi connectivity index (χ4v) is 1.77. The van der Waals surface area contributed by atoms with Crippen LogP contribution >= 0.6 is 11.6 Å². The van der Waals surface area contributed by atoms with Gasteiger partial charge in [-0.2, -0.15) is 13.2 Å². The fourth-order valence-electron chi connectivity index (χ4n) is 1.65. The first kappa shape index (κ1) is 15.6. The molecule has 0 aromatic heterocycles. The van der Waals surface area contributed by atoms with E-state index in [-0.39, 0.29) is 16.3 Å². The first-order valence-corrected chi connectivity index (χ1v) is 6.13. The van der Waals surface area contributed by atoms with Crippen LogP contribution in [0.15, 0.2) is 36.4 Å². The van der Waals surface area contributed by atoms with E-state index in [1.807, 2.05) is 0 Å². The molecule has 2 nitrogen and oxygen atoms in total. The lowest BCUT2D eigenvalue weighted by molar-refractivity contribution is -0.138. The molecule has 0 fully saturated rings. The van der Waals surface area contributed by atoms with Gasteiger partial charge in [-0.05, 0) is 29.8 Å². The number of hydrogen-bond acceptors (Lipinski definition) is 2. The van der Waals surface area contributed by atoms with E-state index in [0.717, 1.165) is 18.2 Å². The molecule has 0 amide bonds. The molecule has 2 rings (SSSR count). The van der Waals surface area contributed by atoms with Crippen LogP contribution in [0.2, 0.25) is 5.02 Å². The van der Waals surface area contributed by atoms with E-state index in [1.54, 1.807) is 0 Å². The number of rotatable bonds is 3. The molecule has 2 aromatic carbocycles. The lowest BCUT2D eigenvalue weighted by Crippen LogP contribution is -2.08. The quantitative estimate of drug-likeness (QED) is 0.824. The van der Waals surface area contributed by atoms with E-state index < -0.39 is 29.9 Å². The summed E-state index contributed by atoms with van der Waals surface area (Å²) in [5, 5.41) is 8.74. The first-order valence-electron chi connectivity index (χ1n) is 5.75. The van der Waals surface area contributed by atoms with Crippen molar-refractivity contribution in [2.45, 2.75) is 12.8 Å². The first-order chi connectivity index (χ1) is 9.81. The highest BCUT2D eigenvalue weighted by Gasteiger charge is 2.34. The van der Waals surface area contributed by atoms with Gasteiger partial charge in [0.15, 0.2) is 0 Å². The molecule has 0 aliphatic carbocycles. The summed E-state index contributed by atoms with van der Waals surface area (Å²) >= 11 is 5.49.